The molecule has 0 aliphatic carbocycles. The van der Waals surface area contributed by atoms with Crippen LogP contribution in [0.4, 0.5) is 5.82 Å². The van der Waals surface area contributed by atoms with E-state index < -0.39 is 0 Å². The SMILES string of the molecule is CCCNc1ccc2ncsc2n1. The molecule has 2 heterocycles. The van der Waals surface area contributed by atoms with Crippen molar-refractivity contribution in [2.75, 3.05) is 11.9 Å². The van der Waals surface area contributed by atoms with E-state index in [9.17, 15) is 0 Å². The van der Waals surface area contributed by atoms with Crippen molar-refractivity contribution in [2.45, 2.75) is 13.3 Å². The summed E-state index contributed by atoms with van der Waals surface area (Å²) in [6, 6.07) is 3.97. The third kappa shape index (κ3) is 1.78. The molecule has 13 heavy (non-hydrogen) atoms. The quantitative estimate of drug-likeness (QED) is 0.814. The Hall–Kier alpha value is -1.16. The van der Waals surface area contributed by atoms with Crippen LogP contribution in [0, 0.1) is 0 Å². The highest BCUT2D eigenvalue weighted by Crippen LogP contribution is 2.17. The first-order chi connectivity index (χ1) is 6.40. The molecule has 2 aromatic rings. The lowest BCUT2D eigenvalue weighted by atomic mass is 10.4. The third-order valence-corrected chi connectivity index (χ3v) is 2.49. The van der Waals surface area contributed by atoms with Crippen molar-refractivity contribution in [1.29, 1.82) is 0 Å². The highest BCUT2D eigenvalue weighted by atomic mass is 32.1. The average Bonchev–Trinajstić information content (AvgIpc) is 2.61. The molecule has 68 valence electrons. The smallest absolute Gasteiger partial charge is 0.145 e. The topological polar surface area (TPSA) is 37.8 Å². The fourth-order valence-corrected chi connectivity index (χ4v) is 1.76. The summed E-state index contributed by atoms with van der Waals surface area (Å²) in [5.74, 6) is 0.943. The number of anilines is 1. The molecular weight excluding hydrogens is 182 g/mol. The van der Waals surface area contributed by atoms with Gasteiger partial charge in [-0.1, -0.05) is 6.92 Å². The normalized spacial score (nSPS) is 10.5. The number of hydrogen-bond donors (Lipinski definition) is 1. The fourth-order valence-electron chi connectivity index (χ4n) is 1.10. The lowest BCUT2D eigenvalue weighted by molar-refractivity contribution is 0.972. The Balaban J connectivity index is 2.26. The van der Waals surface area contributed by atoms with E-state index in [1.165, 1.54) is 0 Å². The molecule has 0 fully saturated rings. The first-order valence-corrected chi connectivity index (χ1v) is 5.22. The van der Waals surface area contributed by atoms with Crippen molar-refractivity contribution >= 4 is 27.5 Å². The Morgan fingerprint density at radius 3 is 3.23 bits per heavy atom. The molecule has 2 aromatic heterocycles. The van der Waals surface area contributed by atoms with Gasteiger partial charge in [-0.25, -0.2) is 9.97 Å². The van der Waals surface area contributed by atoms with Gasteiger partial charge >= 0.3 is 0 Å². The summed E-state index contributed by atoms with van der Waals surface area (Å²) in [4.78, 5) is 9.59. The summed E-state index contributed by atoms with van der Waals surface area (Å²) < 4.78 is 0. The maximum Gasteiger partial charge on any atom is 0.145 e. The van der Waals surface area contributed by atoms with Crippen LogP contribution >= 0.6 is 11.3 Å². The van der Waals surface area contributed by atoms with Gasteiger partial charge < -0.3 is 5.32 Å². The van der Waals surface area contributed by atoms with Crippen molar-refractivity contribution in [3.63, 3.8) is 0 Å². The molecule has 0 aromatic carbocycles. The standard InChI is InChI=1S/C9H11N3S/c1-2-5-10-8-4-3-7-9(12-8)13-6-11-7/h3-4,6H,2,5H2,1H3,(H,10,12). The summed E-state index contributed by atoms with van der Waals surface area (Å²) >= 11 is 1.57. The second kappa shape index (κ2) is 3.70. The summed E-state index contributed by atoms with van der Waals surface area (Å²) in [7, 11) is 0. The van der Waals surface area contributed by atoms with Crippen molar-refractivity contribution in [2.24, 2.45) is 0 Å². The number of aromatic nitrogens is 2. The van der Waals surface area contributed by atoms with Gasteiger partial charge in [0.1, 0.15) is 16.2 Å². The minimum absolute atomic E-state index is 0.943. The third-order valence-electron chi connectivity index (χ3n) is 1.75. The van der Waals surface area contributed by atoms with Gasteiger partial charge in [-0.05, 0) is 18.6 Å². The lowest BCUT2D eigenvalue weighted by Crippen LogP contribution is -2.00. The monoisotopic (exact) mass is 193 g/mol. The van der Waals surface area contributed by atoms with Gasteiger partial charge in [-0.2, -0.15) is 0 Å². The van der Waals surface area contributed by atoms with E-state index in [4.69, 9.17) is 0 Å². The van der Waals surface area contributed by atoms with Crippen LogP contribution in [0.1, 0.15) is 13.3 Å². The molecule has 0 atom stereocenters. The number of nitrogens with zero attached hydrogens (tertiary/aromatic N) is 2. The van der Waals surface area contributed by atoms with Crippen molar-refractivity contribution in [3.8, 4) is 0 Å². The zero-order chi connectivity index (χ0) is 9.10. The second-order valence-corrected chi connectivity index (χ2v) is 3.63. The molecule has 4 heteroatoms. The van der Waals surface area contributed by atoms with Gasteiger partial charge in [0.15, 0.2) is 0 Å². The average molecular weight is 193 g/mol. The van der Waals surface area contributed by atoms with Gasteiger partial charge in [0.25, 0.3) is 0 Å². The van der Waals surface area contributed by atoms with E-state index >= 15 is 0 Å². The highest BCUT2D eigenvalue weighted by Gasteiger charge is 1.98. The first kappa shape index (κ1) is 8.44. The van der Waals surface area contributed by atoms with Gasteiger partial charge in [0, 0.05) is 6.54 Å². The fraction of sp³-hybridized carbons (Fsp3) is 0.333. The summed E-state index contributed by atoms with van der Waals surface area (Å²) in [5, 5.41) is 3.24. The number of rotatable bonds is 3. The van der Waals surface area contributed by atoms with Crippen LogP contribution in [0.15, 0.2) is 17.6 Å². The molecular formula is C9H11N3S. The maximum atomic E-state index is 4.42. The minimum atomic E-state index is 0.943. The van der Waals surface area contributed by atoms with E-state index in [1.54, 1.807) is 11.3 Å². The Labute approximate surface area is 80.8 Å². The molecule has 1 N–H and O–H groups in total. The molecule has 0 bridgehead atoms. The second-order valence-electron chi connectivity index (χ2n) is 2.80. The molecule has 0 unspecified atom stereocenters. The van der Waals surface area contributed by atoms with Crippen molar-refractivity contribution in [3.05, 3.63) is 17.6 Å². The van der Waals surface area contributed by atoms with E-state index in [0.717, 1.165) is 29.1 Å². The van der Waals surface area contributed by atoms with Gasteiger partial charge in [-0.3, -0.25) is 0 Å². The van der Waals surface area contributed by atoms with Crippen LogP contribution < -0.4 is 5.32 Å². The summed E-state index contributed by atoms with van der Waals surface area (Å²) in [5.41, 5.74) is 2.80. The number of thiazole rings is 1. The predicted molar refractivity (Wildman–Crippen MR) is 56.2 cm³/mol. The molecule has 0 radical (unpaired) electrons. The molecule has 0 aliphatic heterocycles. The van der Waals surface area contributed by atoms with Crippen LogP contribution in [-0.4, -0.2) is 16.5 Å². The molecule has 2 rings (SSSR count). The Bertz CT molecular complexity index is 396. The minimum Gasteiger partial charge on any atom is -0.370 e. The Morgan fingerprint density at radius 1 is 1.46 bits per heavy atom. The Morgan fingerprint density at radius 2 is 2.38 bits per heavy atom. The molecule has 3 nitrogen and oxygen atoms in total. The molecule has 0 saturated carbocycles. The van der Waals surface area contributed by atoms with Gasteiger partial charge in [0.2, 0.25) is 0 Å². The highest BCUT2D eigenvalue weighted by molar-refractivity contribution is 7.16. The van der Waals surface area contributed by atoms with E-state index in [-0.39, 0.29) is 0 Å². The van der Waals surface area contributed by atoms with Crippen molar-refractivity contribution < 1.29 is 0 Å². The van der Waals surface area contributed by atoms with Crippen LogP contribution in [-0.2, 0) is 0 Å². The van der Waals surface area contributed by atoms with E-state index in [2.05, 4.69) is 22.2 Å². The zero-order valence-electron chi connectivity index (χ0n) is 7.45. The predicted octanol–water partition coefficient (Wildman–Crippen LogP) is 2.51. The Kier molecular flexibility index (Phi) is 2.40. The van der Waals surface area contributed by atoms with Gasteiger partial charge in [-0.15, -0.1) is 11.3 Å². The number of fused-ring (bicyclic) bond motifs is 1. The number of hydrogen-bond acceptors (Lipinski definition) is 4. The van der Waals surface area contributed by atoms with Gasteiger partial charge in [0.05, 0.1) is 5.51 Å². The zero-order valence-corrected chi connectivity index (χ0v) is 8.27. The number of pyridine rings is 1. The van der Waals surface area contributed by atoms with E-state index in [0.29, 0.717) is 0 Å². The lowest BCUT2D eigenvalue weighted by Gasteiger charge is -2.01. The molecule has 0 amide bonds. The largest absolute Gasteiger partial charge is 0.370 e. The molecule has 0 saturated heterocycles. The van der Waals surface area contributed by atoms with Crippen LogP contribution in [0.25, 0.3) is 10.3 Å². The number of nitrogens with one attached hydrogen (secondary N) is 1. The maximum absolute atomic E-state index is 4.42. The first-order valence-electron chi connectivity index (χ1n) is 4.34. The van der Waals surface area contributed by atoms with Crippen LogP contribution in [0.5, 0.6) is 0 Å². The van der Waals surface area contributed by atoms with E-state index in [1.807, 2.05) is 17.6 Å². The molecule has 0 spiro atoms. The van der Waals surface area contributed by atoms with Crippen LogP contribution in [0.2, 0.25) is 0 Å². The summed E-state index contributed by atoms with van der Waals surface area (Å²) in [6.45, 7) is 3.11. The van der Waals surface area contributed by atoms with Crippen molar-refractivity contribution in [1.82, 2.24) is 9.97 Å². The van der Waals surface area contributed by atoms with Crippen LogP contribution in [0.3, 0.4) is 0 Å². The molecule has 0 aliphatic rings. The summed E-state index contributed by atoms with van der Waals surface area (Å²) in [6.07, 6.45) is 1.11.